The second kappa shape index (κ2) is 5.86. The van der Waals surface area contributed by atoms with Crippen LogP contribution in [0.3, 0.4) is 0 Å². The molecular formula is C19H12Cl2N2O. The molecule has 1 N–H and O–H groups in total. The van der Waals surface area contributed by atoms with Crippen LogP contribution in [0.15, 0.2) is 67.0 Å². The Morgan fingerprint density at radius 3 is 2.33 bits per heavy atom. The Morgan fingerprint density at radius 1 is 0.875 bits per heavy atom. The number of phenols is 1. The van der Waals surface area contributed by atoms with Crippen molar-refractivity contribution in [2.75, 3.05) is 0 Å². The van der Waals surface area contributed by atoms with Gasteiger partial charge in [0, 0.05) is 5.56 Å². The molecule has 4 aromatic rings. The van der Waals surface area contributed by atoms with E-state index in [1.807, 2.05) is 53.1 Å². The summed E-state index contributed by atoms with van der Waals surface area (Å²) in [6.07, 6.45) is 1.80. The van der Waals surface area contributed by atoms with E-state index in [2.05, 4.69) is 4.98 Å². The highest BCUT2D eigenvalue weighted by Gasteiger charge is 2.13. The van der Waals surface area contributed by atoms with E-state index in [1.54, 1.807) is 18.5 Å². The molecule has 0 aliphatic rings. The Bertz CT molecular complexity index is 1030. The molecule has 24 heavy (non-hydrogen) atoms. The molecule has 0 unspecified atom stereocenters. The third-order valence-electron chi connectivity index (χ3n) is 3.95. The monoisotopic (exact) mass is 354 g/mol. The molecule has 4 rings (SSSR count). The molecule has 0 radical (unpaired) electrons. The van der Waals surface area contributed by atoms with Crippen molar-refractivity contribution in [3.05, 3.63) is 77.0 Å². The molecule has 0 saturated carbocycles. The number of phenolic OH excluding ortho intramolecular Hbond substituents is 1. The summed E-state index contributed by atoms with van der Waals surface area (Å²) < 4.78 is 2.03. The number of aromatic hydroxyl groups is 1. The molecule has 0 spiro atoms. The van der Waals surface area contributed by atoms with Crippen LogP contribution in [0.2, 0.25) is 10.0 Å². The van der Waals surface area contributed by atoms with E-state index in [9.17, 15) is 5.11 Å². The lowest BCUT2D eigenvalue weighted by Gasteiger charge is -2.13. The van der Waals surface area contributed by atoms with Crippen LogP contribution in [0.5, 0.6) is 5.75 Å². The summed E-state index contributed by atoms with van der Waals surface area (Å²) in [5.74, 6) is -0.104. The number of nitrogens with zero attached hydrogens (tertiary/aromatic N) is 2. The summed E-state index contributed by atoms with van der Waals surface area (Å²) in [6.45, 7) is 0. The summed E-state index contributed by atoms with van der Waals surface area (Å²) in [6, 6.07) is 19.3. The van der Waals surface area contributed by atoms with Crippen molar-refractivity contribution in [2.45, 2.75) is 0 Å². The molecule has 0 aliphatic carbocycles. The van der Waals surface area contributed by atoms with Gasteiger partial charge in [-0.15, -0.1) is 0 Å². The number of rotatable bonds is 2. The third-order valence-corrected chi connectivity index (χ3v) is 4.52. The van der Waals surface area contributed by atoms with E-state index >= 15 is 0 Å². The van der Waals surface area contributed by atoms with Crippen molar-refractivity contribution >= 4 is 34.2 Å². The maximum absolute atomic E-state index is 9.79. The molecule has 0 amide bonds. The standard InChI is InChI=1S/C19H12Cl2N2O/c20-14-9-12(10-15(21)19(14)24)13-5-1-3-7-17(13)23-11-22-16-6-2-4-8-18(16)23/h1-11,24H. The molecule has 1 aromatic heterocycles. The SMILES string of the molecule is Oc1c(Cl)cc(-c2ccccc2-n2cnc3ccccc32)cc1Cl. The van der Waals surface area contributed by atoms with Crippen LogP contribution in [0.25, 0.3) is 27.8 Å². The van der Waals surface area contributed by atoms with Crippen LogP contribution < -0.4 is 0 Å². The van der Waals surface area contributed by atoms with E-state index in [1.165, 1.54) is 0 Å². The summed E-state index contributed by atoms with van der Waals surface area (Å²) in [7, 11) is 0. The minimum absolute atomic E-state index is 0.104. The van der Waals surface area contributed by atoms with Crippen molar-refractivity contribution in [3.8, 4) is 22.6 Å². The largest absolute Gasteiger partial charge is 0.505 e. The molecule has 0 aliphatic heterocycles. The molecule has 3 aromatic carbocycles. The van der Waals surface area contributed by atoms with Gasteiger partial charge >= 0.3 is 0 Å². The summed E-state index contributed by atoms with van der Waals surface area (Å²) in [5, 5.41) is 10.2. The van der Waals surface area contributed by atoms with Gasteiger partial charge in [-0.05, 0) is 35.9 Å². The number of hydrogen-bond donors (Lipinski definition) is 1. The van der Waals surface area contributed by atoms with Gasteiger partial charge in [0.2, 0.25) is 0 Å². The van der Waals surface area contributed by atoms with Crippen molar-refractivity contribution in [1.82, 2.24) is 9.55 Å². The Hall–Kier alpha value is -2.49. The first-order chi connectivity index (χ1) is 11.6. The zero-order valence-electron chi connectivity index (χ0n) is 12.4. The Labute approximate surface area is 148 Å². The van der Waals surface area contributed by atoms with Crippen LogP contribution in [-0.4, -0.2) is 14.7 Å². The second-order valence-electron chi connectivity index (χ2n) is 5.41. The molecule has 1 heterocycles. The van der Waals surface area contributed by atoms with E-state index < -0.39 is 0 Å². The quantitative estimate of drug-likeness (QED) is 0.500. The van der Waals surface area contributed by atoms with Gasteiger partial charge in [-0.25, -0.2) is 4.98 Å². The number of halogens is 2. The fraction of sp³-hybridized carbons (Fsp3) is 0. The molecule has 0 bridgehead atoms. The minimum atomic E-state index is -0.104. The number of hydrogen-bond acceptors (Lipinski definition) is 2. The molecule has 3 nitrogen and oxygen atoms in total. The fourth-order valence-electron chi connectivity index (χ4n) is 2.80. The summed E-state index contributed by atoms with van der Waals surface area (Å²) in [5.41, 5.74) is 4.68. The molecule has 5 heteroatoms. The summed E-state index contributed by atoms with van der Waals surface area (Å²) >= 11 is 12.2. The maximum atomic E-state index is 9.79. The van der Waals surface area contributed by atoms with Crippen LogP contribution in [-0.2, 0) is 0 Å². The Balaban J connectivity index is 1.97. The Kier molecular flexibility index (Phi) is 3.68. The highest BCUT2D eigenvalue weighted by Crippen LogP contribution is 2.38. The van der Waals surface area contributed by atoms with Crippen LogP contribution in [0, 0.1) is 0 Å². The van der Waals surface area contributed by atoms with Gasteiger partial charge in [0.1, 0.15) is 6.33 Å². The molecular weight excluding hydrogens is 343 g/mol. The predicted molar refractivity (Wildman–Crippen MR) is 98.2 cm³/mol. The summed E-state index contributed by atoms with van der Waals surface area (Å²) in [4.78, 5) is 4.45. The highest BCUT2D eigenvalue weighted by atomic mass is 35.5. The molecule has 0 fully saturated rings. The van der Waals surface area contributed by atoms with Gasteiger partial charge < -0.3 is 5.11 Å². The van der Waals surface area contributed by atoms with Gasteiger partial charge in [-0.1, -0.05) is 53.5 Å². The number of fused-ring (bicyclic) bond motifs is 1. The average molecular weight is 355 g/mol. The first-order valence-electron chi connectivity index (χ1n) is 7.35. The van der Waals surface area contributed by atoms with Gasteiger partial charge in [0.05, 0.1) is 26.8 Å². The number of imidazole rings is 1. The van der Waals surface area contributed by atoms with Crippen LogP contribution >= 0.6 is 23.2 Å². The van der Waals surface area contributed by atoms with E-state index in [0.717, 1.165) is 27.8 Å². The fourth-order valence-corrected chi connectivity index (χ4v) is 3.29. The minimum Gasteiger partial charge on any atom is -0.505 e. The lowest BCUT2D eigenvalue weighted by Crippen LogP contribution is -1.95. The van der Waals surface area contributed by atoms with Crippen molar-refractivity contribution in [1.29, 1.82) is 0 Å². The lowest BCUT2D eigenvalue weighted by molar-refractivity contribution is 0.476. The smallest absolute Gasteiger partial charge is 0.152 e. The highest BCUT2D eigenvalue weighted by molar-refractivity contribution is 6.37. The van der Waals surface area contributed by atoms with Crippen molar-refractivity contribution in [3.63, 3.8) is 0 Å². The maximum Gasteiger partial charge on any atom is 0.152 e. The lowest BCUT2D eigenvalue weighted by atomic mass is 10.0. The first kappa shape index (κ1) is 15.1. The average Bonchev–Trinajstić information content (AvgIpc) is 3.03. The third kappa shape index (κ3) is 2.42. The van der Waals surface area contributed by atoms with E-state index in [0.29, 0.717) is 0 Å². The second-order valence-corrected chi connectivity index (χ2v) is 6.22. The zero-order chi connectivity index (χ0) is 16.7. The van der Waals surface area contributed by atoms with Gasteiger partial charge in [-0.3, -0.25) is 4.57 Å². The van der Waals surface area contributed by atoms with Gasteiger partial charge in [0.25, 0.3) is 0 Å². The molecule has 0 saturated heterocycles. The molecule has 118 valence electrons. The number of benzene rings is 3. The predicted octanol–water partition coefficient (Wildman–Crippen LogP) is 5.70. The normalized spacial score (nSPS) is 11.1. The number of para-hydroxylation sites is 3. The van der Waals surface area contributed by atoms with Crippen LogP contribution in [0.4, 0.5) is 0 Å². The first-order valence-corrected chi connectivity index (χ1v) is 8.10. The van der Waals surface area contributed by atoms with E-state index in [-0.39, 0.29) is 15.8 Å². The topological polar surface area (TPSA) is 38.0 Å². The molecule has 0 atom stereocenters. The van der Waals surface area contributed by atoms with Gasteiger partial charge in [0.15, 0.2) is 5.75 Å². The van der Waals surface area contributed by atoms with E-state index in [4.69, 9.17) is 23.2 Å². The van der Waals surface area contributed by atoms with Crippen LogP contribution in [0.1, 0.15) is 0 Å². The number of aromatic nitrogens is 2. The Morgan fingerprint density at radius 2 is 1.54 bits per heavy atom. The van der Waals surface area contributed by atoms with Gasteiger partial charge in [-0.2, -0.15) is 0 Å². The van der Waals surface area contributed by atoms with Crippen molar-refractivity contribution in [2.24, 2.45) is 0 Å². The zero-order valence-corrected chi connectivity index (χ0v) is 14.0. The van der Waals surface area contributed by atoms with Crippen molar-refractivity contribution < 1.29 is 5.11 Å².